The van der Waals surface area contributed by atoms with Gasteiger partial charge in [-0.25, -0.2) is 0 Å². The summed E-state index contributed by atoms with van der Waals surface area (Å²) < 4.78 is 5.29. The Morgan fingerprint density at radius 1 is 1.07 bits per heavy atom. The minimum absolute atomic E-state index is 0.0196. The third kappa shape index (κ3) is 6.37. The molecule has 5 nitrogen and oxygen atoms in total. The van der Waals surface area contributed by atoms with Gasteiger partial charge in [-0.15, -0.1) is 0 Å². The highest BCUT2D eigenvalue weighted by Crippen LogP contribution is 2.33. The van der Waals surface area contributed by atoms with Gasteiger partial charge in [0.2, 0.25) is 0 Å². The van der Waals surface area contributed by atoms with Gasteiger partial charge in [-0.05, 0) is 24.0 Å². The molecule has 3 rings (SSSR count). The molecule has 0 aliphatic heterocycles. The first-order valence-electron chi connectivity index (χ1n) is 10.3. The lowest BCUT2D eigenvalue weighted by Gasteiger charge is -2.17. The van der Waals surface area contributed by atoms with E-state index in [1.165, 1.54) is 0 Å². The maximum absolute atomic E-state index is 12.3. The number of ketones is 1. The third-order valence-corrected chi connectivity index (χ3v) is 5.49. The molecule has 4 atom stereocenters. The van der Waals surface area contributed by atoms with Crippen LogP contribution in [0.25, 0.3) is 0 Å². The second kappa shape index (κ2) is 10.9. The Kier molecular flexibility index (Phi) is 7.94. The highest BCUT2D eigenvalue weighted by atomic mass is 16.5. The smallest absolute Gasteiger partial charge is 0.306 e. The number of hydrogen-bond acceptors (Lipinski definition) is 5. The van der Waals surface area contributed by atoms with Crippen molar-refractivity contribution in [2.24, 2.45) is 11.8 Å². The first kappa shape index (κ1) is 21.9. The fourth-order valence-electron chi connectivity index (χ4n) is 3.78. The van der Waals surface area contributed by atoms with Crippen molar-refractivity contribution in [3.8, 4) is 0 Å². The molecule has 0 heterocycles. The van der Waals surface area contributed by atoms with Gasteiger partial charge in [-0.2, -0.15) is 0 Å². The summed E-state index contributed by atoms with van der Waals surface area (Å²) in [6.07, 6.45) is 3.00. The average molecular weight is 408 g/mol. The van der Waals surface area contributed by atoms with Crippen LogP contribution in [-0.2, 0) is 27.4 Å². The first-order valence-corrected chi connectivity index (χ1v) is 10.3. The zero-order valence-electron chi connectivity index (χ0n) is 16.9. The lowest BCUT2D eigenvalue weighted by molar-refractivity contribution is -0.147. The van der Waals surface area contributed by atoms with Crippen LogP contribution < -0.4 is 0 Å². The van der Waals surface area contributed by atoms with Crippen LogP contribution in [0.4, 0.5) is 0 Å². The maximum atomic E-state index is 12.3. The molecule has 0 radical (unpaired) electrons. The predicted molar refractivity (Wildman–Crippen MR) is 113 cm³/mol. The molecule has 0 unspecified atom stereocenters. The second-order valence-electron chi connectivity index (χ2n) is 7.75. The number of hydrogen-bond donors (Lipinski definition) is 2. The molecule has 1 fully saturated rings. The highest BCUT2D eigenvalue weighted by molar-refractivity contribution is 5.88. The minimum atomic E-state index is -0.845. The van der Waals surface area contributed by atoms with E-state index < -0.39 is 30.0 Å². The summed E-state index contributed by atoms with van der Waals surface area (Å²) in [7, 11) is 0. The van der Waals surface area contributed by atoms with Crippen LogP contribution in [-0.4, -0.2) is 34.2 Å². The van der Waals surface area contributed by atoms with E-state index in [0.717, 1.165) is 17.5 Å². The standard InChI is InChI=1S/C25H28O5/c26-20(12-11-18-7-3-1-4-8-18)13-14-21-22(24(28)16-23(21)27)15-25(29)30-17-19-9-5-2-6-10-19/h1-10,13-14,20-23,26-27H,11-12,15-17H2/b14-13+/t20-,21+,22+,23+/m0/s1. The van der Waals surface area contributed by atoms with E-state index in [1.807, 2.05) is 60.7 Å². The number of ether oxygens (including phenoxy) is 1. The summed E-state index contributed by atoms with van der Waals surface area (Å²) in [4.78, 5) is 24.5. The Morgan fingerprint density at radius 2 is 1.70 bits per heavy atom. The van der Waals surface area contributed by atoms with Gasteiger partial charge in [0.25, 0.3) is 0 Å². The molecule has 2 aromatic rings. The normalized spacial score (nSPS) is 22.3. The Balaban J connectivity index is 1.52. The second-order valence-corrected chi connectivity index (χ2v) is 7.75. The summed E-state index contributed by atoms with van der Waals surface area (Å²) in [6.45, 7) is 0.155. The Hall–Kier alpha value is -2.76. The zero-order valence-corrected chi connectivity index (χ0v) is 16.9. The number of carbonyl (C=O) groups excluding carboxylic acids is 2. The molecule has 0 saturated heterocycles. The van der Waals surface area contributed by atoms with E-state index in [2.05, 4.69) is 0 Å². The van der Waals surface area contributed by atoms with E-state index in [9.17, 15) is 19.8 Å². The van der Waals surface area contributed by atoms with Crippen LogP contribution in [0.1, 0.15) is 30.4 Å². The fraction of sp³-hybridized carbons (Fsp3) is 0.360. The molecular formula is C25H28O5. The Labute approximate surface area is 177 Å². The molecule has 2 aromatic carbocycles. The minimum Gasteiger partial charge on any atom is -0.461 e. The van der Waals surface area contributed by atoms with Crippen molar-refractivity contribution in [1.82, 2.24) is 0 Å². The van der Waals surface area contributed by atoms with Crippen molar-refractivity contribution in [3.63, 3.8) is 0 Å². The Bertz CT molecular complexity index is 846. The van der Waals surface area contributed by atoms with Crippen LogP contribution >= 0.6 is 0 Å². The number of carbonyl (C=O) groups is 2. The number of benzene rings is 2. The number of esters is 1. The molecule has 2 N–H and O–H groups in total. The number of aliphatic hydroxyl groups is 2. The van der Waals surface area contributed by atoms with Gasteiger partial charge in [0, 0.05) is 18.3 Å². The molecule has 0 amide bonds. The number of aliphatic hydroxyl groups excluding tert-OH is 2. The van der Waals surface area contributed by atoms with Crippen LogP contribution in [0, 0.1) is 11.8 Å². The van der Waals surface area contributed by atoms with E-state index in [4.69, 9.17) is 4.74 Å². The quantitative estimate of drug-likeness (QED) is 0.492. The summed E-state index contributed by atoms with van der Waals surface area (Å²) in [5.41, 5.74) is 2.02. The van der Waals surface area contributed by atoms with Gasteiger partial charge >= 0.3 is 5.97 Å². The Morgan fingerprint density at radius 3 is 2.37 bits per heavy atom. The van der Waals surface area contributed by atoms with Crippen LogP contribution in [0.5, 0.6) is 0 Å². The fourth-order valence-corrected chi connectivity index (χ4v) is 3.78. The zero-order chi connectivity index (χ0) is 21.3. The molecule has 158 valence electrons. The number of Topliss-reactive ketones (excluding diaryl/α,β-unsaturated/α-hetero) is 1. The molecule has 0 spiro atoms. The van der Waals surface area contributed by atoms with E-state index in [1.54, 1.807) is 12.2 Å². The average Bonchev–Trinajstić information content (AvgIpc) is 3.03. The first-order chi connectivity index (χ1) is 14.5. The van der Waals surface area contributed by atoms with Crippen molar-refractivity contribution >= 4 is 11.8 Å². The summed E-state index contributed by atoms with van der Waals surface area (Å²) in [5, 5.41) is 20.5. The largest absolute Gasteiger partial charge is 0.461 e. The van der Waals surface area contributed by atoms with Gasteiger partial charge in [0.1, 0.15) is 12.4 Å². The van der Waals surface area contributed by atoms with Crippen molar-refractivity contribution in [2.45, 2.75) is 44.5 Å². The van der Waals surface area contributed by atoms with Crippen LogP contribution in [0.3, 0.4) is 0 Å². The third-order valence-electron chi connectivity index (χ3n) is 5.49. The van der Waals surface area contributed by atoms with Gasteiger partial charge in [0.05, 0.1) is 18.6 Å². The number of rotatable bonds is 9. The van der Waals surface area contributed by atoms with Crippen molar-refractivity contribution in [1.29, 1.82) is 0 Å². The molecule has 30 heavy (non-hydrogen) atoms. The van der Waals surface area contributed by atoms with Crippen molar-refractivity contribution in [3.05, 3.63) is 83.9 Å². The van der Waals surface area contributed by atoms with Gasteiger partial charge < -0.3 is 14.9 Å². The van der Waals surface area contributed by atoms with E-state index in [-0.39, 0.29) is 25.2 Å². The van der Waals surface area contributed by atoms with Gasteiger partial charge in [-0.1, -0.05) is 72.8 Å². The summed E-state index contributed by atoms with van der Waals surface area (Å²) >= 11 is 0. The summed E-state index contributed by atoms with van der Waals surface area (Å²) in [5.74, 6) is -1.73. The van der Waals surface area contributed by atoms with Crippen LogP contribution in [0.2, 0.25) is 0 Å². The van der Waals surface area contributed by atoms with E-state index >= 15 is 0 Å². The lowest BCUT2D eigenvalue weighted by atomic mass is 9.90. The lowest BCUT2D eigenvalue weighted by Crippen LogP contribution is -2.23. The molecule has 1 aliphatic rings. The molecular weight excluding hydrogens is 380 g/mol. The predicted octanol–water partition coefficient (Wildman–Crippen LogP) is 3.24. The van der Waals surface area contributed by atoms with E-state index in [0.29, 0.717) is 6.42 Å². The molecule has 1 saturated carbocycles. The molecule has 0 aromatic heterocycles. The molecule has 5 heteroatoms. The van der Waals surface area contributed by atoms with Gasteiger partial charge in [0.15, 0.2) is 0 Å². The highest BCUT2D eigenvalue weighted by Gasteiger charge is 2.41. The maximum Gasteiger partial charge on any atom is 0.306 e. The molecule has 0 bridgehead atoms. The topological polar surface area (TPSA) is 83.8 Å². The number of aryl methyl sites for hydroxylation is 1. The SMILES string of the molecule is O=C(C[C@H]1C(=O)C[C@@H](O)[C@@H]1/C=C/[C@@H](O)CCc1ccccc1)OCc1ccccc1. The van der Waals surface area contributed by atoms with Crippen molar-refractivity contribution in [2.75, 3.05) is 0 Å². The van der Waals surface area contributed by atoms with Gasteiger partial charge in [-0.3, -0.25) is 9.59 Å². The molecule has 1 aliphatic carbocycles. The summed E-state index contributed by atoms with van der Waals surface area (Å²) in [6, 6.07) is 19.2. The monoisotopic (exact) mass is 408 g/mol. The van der Waals surface area contributed by atoms with Crippen molar-refractivity contribution < 1.29 is 24.5 Å². The van der Waals surface area contributed by atoms with Crippen LogP contribution in [0.15, 0.2) is 72.8 Å².